The molecule has 2 atom stereocenters. The molecule has 162 valence electrons. The SMILES string of the molecule is O=C(O)C(F)(OC(F)(F)C(F)(OC(F)(F)C(F)(F)F)C(F)(F)F)C(F)(F)F. The number of alkyl halides is 15. The van der Waals surface area contributed by atoms with Gasteiger partial charge in [0.25, 0.3) is 0 Å². The summed E-state index contributed by atoms with van der Waals surface area (Å²) in [6.45, 7) is 0. The molecule has 0 bridgehead atoms. The first-order valence-corrected chi connectivity index (χ1v) is 5.33. The summed E-state index contributed by atoms with van der Waals surface area (Å²) in [6.07, 6.45) is -37.4. The smallest absolute Gasteiger partial charge is 0.477 e. The van der Waals surface area contributed by atoms with Crippen LogP contribution in [0.2, 0.25) is 0 Å². The predicted molar refractivity (Wildman–Crippen MR) is 45.5 cm³/mol. The molecule has 2 unspecified atom stereocenters. The molecule has 0 aromatic rings. The van der Waals surface area contributed by atoms with Crippen molar-refractivity contribution in [3.8, 4) is 0 Å². The molecule has 4 nitrogen and oxygen atoms in total. The molecule has 19 heteroatoms. The van der Waals surface area contributed by atoms with E-state index >= 15 is 0 Å². The minimum absolute atomic E-state index is 1.31. The average molecular weight is 446 g/mol. The molecule has 0 aromatic heterocycles. The molecule has 1 N–H and O–H groups in total. The predicted octanol–water partition coefficient (Wildman–Crippen LogP) is 4.31. The lowest BCUT2D eigenvalue weighted by Gasteiger charge is -2.38. The highest BCUT2D eigenvalue weighted by atomic mass is 19.4. The van der Waals surface area contributed by atoms with Gasteiger partial charge in [-0.2, -0.15) is 65.9 Å². The second kappa shape index (κ2) is 6.45. The van der Waals surface area contributed by atoms with Crippen LogP contribution in [0, 0.1) is 0 Å². The summed E-state index contributed by atoms with van der Waals surface area (Å²) in [5, 5.41) is 7.84. The zero-order valence-corrected chi connectivity index (χ0v) is 11.3. The Hall–Kier alpha value is -1.66. The highest BCUT2D eigenvalue weighted by Gasteiger charge is 2.83. The van der Waals surface area contributed by atoms with E-state index in [1.54, 1.807) is 4.74 Å². The maximum absolute atomic E-state index is 13.4. The highest BCUT2D eigenvalue weighted by molar-refractivity contribution is 5.76. The normalized spacial score (nSPS) is 19.4. The molecular weight excluding hydrogens is 445 g/mol. The summed E-state index contributed by atoms with van der Waals surface area (Å²) < 4.78 is 189. The Labute approximate surface area is 135 Å². The van der Waals surface area contributed by atoms with E-state index in [-0.39, 0.29) is 0 Å². The highest BCUT2D eigenvalue weighted by Crippen LogP contribution is 2.54. The fraction of sp³-hybridized carbons (Fsp3) is 0.875. The van der Waals surface area contributed by atoms with Crippen LogP contribution in [0.5, 0.6) is 0 Å². The lowest BCUT2D eigenvalue weighted by atomic mass is 10.2. The van der Waals surface area contributed by atoms with Crippen LogP contribution in [0.25, 0.3) is 0 Å². The summed E-state index contributed by atoms with van der Waals surface area (Å²) in [5.74, 6) is -18.9. The second-order valence-electron chi connectivity index (χ2n) is 4.23. The maximum atomic E-state index is 13.4. The van der Waals surface area contributed by atoms with Crippen LogP contribution in [0.1, 0.15) is 0 Å². The standard InChI is InChI=1S/C8HF15O4/c9-2(1(24)25,4(11,12)13)26-7(20,21)3(10,5(14,15)16)27-8(22,23)6(17,18)19/h(H,24,25). The van der Waals surface area contributed by atoms with Crippen LogP contribution >= 0.6 is 0 Å². The van der Waals surface area contributed by atoms with Crippen molar-refractivity contribution in [3.63, 3.8) is 0 Å². The number of rotatable bonds is 6. The fourth-order valence-electron chi connectivity index (χ4n) is 0.982. The van der Waals surface area contributed by atoms with E-state index in [1.165, 1.54) is 4.74 Å². The van der Waals surface area contributed by atoms with E-state index in [4.69, 9.17) is 5.11 Å². The first-order chi connectivity index (χ1) is 11.4. The average Bonchev–Trinajstić information content (AvgIpc) is 2.32. The third kappa shape index (κ3) is 4.43. The third-order valence-electron chi connectivity index (χ3n) is 2.25. The van der Waals surface area contributed by atoms with E-state index in [2.05, 4.69) is 0 Å². The third-order valence-corrected chi connectivity index (χ3v) is 2.25. The minimum Gasteiger partial charge on any atom is -0.477 e. The Morgan fingerprint density at radius 1 is 0.556 bits per heavy atom. The topological polar surface area (TPSA) is 55.8 Å². The van der Waals surface area contributed by atoms with Gasteiger partial charge in [-0.15, -0.1) is 0 Å². The van der Waals surface area contributed by atoms with Gasteiger partial charge >= 0.3 is 48.4 Å². The quantitative estimate of drug-likeness (QED) is 0.619. The Balaban J connectivity index is 6.42. The second-order valence-corrected chi connectivity index (χ2v) is 4.23. The molecule has 0 aliphatic heterocycles. The maximum Gasteiger partial charge on any atom is 0.483 e. The summed E-state index contributed by atoms with van der Waals surface area (Å²) in [6, 6.07) is 0. The van der Waals surface area contributed by atoms with Crippen LogP contribution in [0.3, 0.4) is 0 Å². The number of carboxylic acid groups (broad SMARTS) is 1. The lowest BCUT2D eigenvalue weighted by molar-refractivity contribution is -0.545. The number of carboxylic acids is 1. The Kier molecular flexibility index (Phi) is 6.05. The van der Waals surface area contributed by atoms with Crippen molar-refractivity contribution < 1.29 is 85.2 Å². The summed E-state index contributed by atoms with van der Waals surface area (Å²) in [4.78, 5) is 10.0. The number of ether oxygens (including phenoxy) is 2. The molecule has 0 saturated carbocycles. The Bertz CT molecular complexity index is 562. The number of hydrogen-bond donors (Lipinski definition) is 1. The van der Waals surface area contributed by atoms with E-state index in [9.17, 15) is 70.7 Å². The number of carbonyl (C=O) groups is 1. The van der Waals surface area contributed by atoms with Gasteiger partial charge in [0.1, 0.15) is 0 Å². The molecule has 0 fully saturated rings. The van der Waals surface area contributed by atoms with Gasteiger partial charge in [-0.3, -0.25) is 9.47 Å². The summed E-state index contributed by atoms with van der Waals surface area (Å²) in [7, 11) is 0. The molecule has 0 spiro atoms. The molecular formula is C8HF15O4. The Morgan fingerprint density at radius 3 is 1.15 bits per heavy atom. The molecule has 0 amide bonds. The van der Waals surface area contributed by atoms with Crippen LogP contribution in [-0.4, -0.2) is 53.5 Å². The van der Waals surface area contributed by atoms with Gasteiger partial charge in [-0.05, 0) is 0 Å². The number of halogens is 15. The van der Waals surface area contributed by atoms with Crippen molar-refractivity contribution >= 4 is 5.97 Å². The van der Waals surface area contributed by atoms with Crippen molar-refractivity contribution in [1.82, 2.24) is 0 Å². The first kappa shape index (κ1) is 25.3. The first-order valence-electron chi connectivity index (χ1n) is 5.33. The molecule has 0 radical (unpaired) electrons. The van der Waals surface area contributed by atoms with Crippen molar-refractivity contribution in [2.75, 3.05) is 0 Å². The van der Waals surface area contributed by atoms with Crippen molar-refractivity contribution in [3.05, 3.63) is 0 Å². The van der Waals surface area contributed by atoms with E-state index in [0.717, 1.165) is 0 Å². The van der Waals surface area contributed by atoms with Gasteiger partial charge < -0.3 is 5.11 Å². The van der Waals surface area contributed by atoms with E-state index in [0.29, 0.717) is 0 Å². The fourth-order valence-corrected chi connectivity index (χ4v) is 0.982. The lowest BCUT2D eigenvalue weighted by Crippen LogP contribution is -2.66. The van der Waals surface area contributed by atoms with Crippen molar-refractivity contribution in [1.29, 1.82) is 0 Å². The molecule has 0 saturated heterocycles. The van der Waals surface area contributed by atoms with Gasteiger partial charge in [0.15, 0.2) is 0 Å². The Morgan fingerprint density at radius 2 is 0.926 bits per heavy atom. The van der Waals surface area contributed by atoms with Gasteiger partial charge in [0.2, 0.25) is 0 Å². The zero-order valence-electron chi connectivity index (χ0n) is 11.3. The monoisotopic (exact) mass is 446 g/mol. The number of hydrogen-bond acceptors (Lipinski definition) is 3. The molecule has 27 heavy (non-hydrogen) atoms. The molecule has 0 aromatic carbocycles. The van der Waals surface area contributed by atoms with Crippen LogP contribution in [-0.2, 0) is 14.3 Å². The van der Waals surface area contributed by atoms with Crippen LogP contribution in [0.15, 0.2) is 0 Å². The number of aliphatic carboxylic acids is 1. The van der Waals surface area contributed by atoms with Crippen molar-refractivity contribution in [2.45, 2.75) is 42.5 Å². The molecule has 0 aliphatic carbocycles. The molecule has 0 rings (SSSR count). The van der Waals surface area contributed by atoms with Gasteiger partial charge in [0, 0.05) is 0 Å². The summed E-state index contributed by atoms with van der Waals surface area (Å²) >= 11 is 0. The van der Waals surface area contributed by atoms with Crippen LogP contribution in [0.4, 0.5) is 65.9 Å². The zero-order chi connectivity index (χ0) is 22.5. The van der Waals surface area contributed by atoms with Gasteiger partial charge in [-0.1, -0.05) is 0 Å². The minimum atomic E-state index is -7.79. The molecule has 0 heterocycles. The van der Waals surface area contributed by atoms with Crippen LogP contribution < -0.4 is 0 Å². The van der Waals surface area contributed by atoms with Gasteiger partial charge in [-0.25, -0.2) is 4.79 Å². The van der Waals surface area contributed by atoms with E-state index < -0.39 is 48.4 Å². The largest absolute Gasteiger partial charge is 0.483 e. The van der Waals surface area contributed by atoms with Gasteiger partial charge in [0.05, 0.1) is 0 Å². The summed E-state index contributed by atoms with van der Waals surface area (Å²) in [5.41, 5.74) is 0. The molecule has 0 aliphatic rings. The van der Waals surface area contributed by atoms with E-state index in [1.807, 2.05) is 0 Å². The van der Waals surface area contributed by atoms with Crippen molar-refractivity contribution in [2.24, 2.45) is 0 Å².